The molecular weight excluding hydrogens is 348 g/mol. The number of aromatic amines is 2. The molecule has 0 atom stereocenters. The molecular formula is C9H10N8O4S2. The highest BCUT2D eigenvalue weighted by Crippen LogP contribution is 2.17. The van der Waals surface area contributed by atoms with Crippen molar-refractivity contribution in [3.05, 3.63) is 22.9 Å². The van der Waals surface area contributed by atoms with Crippen molar-refractivity contribution in [2.45, 2.75) is 11.3 Å². The van der Waals surface area contributed by atoms with Gasteiger partial charge in [-0.15, -0.1) is 10.2 Å². The zero-order valence-electron chi connectivity index (χ0n) is 11.5. The Hall–Kier alpha value is -2.71. The Bertz CT molecular complexity index is 988. The van der Waals surface area contributed by atoms with Gasteiger partial charge in [0.1, 0.15) is 5.39 Å². The number of amides is 1. The predicted octanol–water partition coefficient (Wildman–Crippen LogP) is -1.21. The van der Waals surface area contributed by atoms with Crippen molar-refractivity contribution in [3.63, 3.8) is 0 Å². The summed E-state index contributed by atoms with van der Waals surface area (Å²) in [4.78, 5) is 27.7. The quantitative estimate of drug-likeness (QED) is 0.410. The zero-order chi connectivity index (χ0) is 17.0. The Balaban J connectivity index is 0.000000172. The van der Waals surface area contributed by atoms with Gasteiger partial charge in [0.15, 0.2) is 5.65 Å². The lowest BCUT2D eigenvalue weighted by Gasteiger charge is -1.90. The van der Waals surface area contributed by atoms with Gasteiger partial charge in [0.2, 0.25) is 15.4 Å². The number of carbonyl (C=O) groups excluding carboxylic acids is 1. The number of anilines is 1. The standard InChI is InChI=1S/C5H4N4O.C4H6N4O3S2/c10-5-3-1-8-9-4(3)6-2-7-5;1-2(9)6-3-7-8-4(12-3)13(5,10)11/h1-2H,(H2,6,7,8,9,10);1H3,(H2,5,10,11)(H,6,7,9). The van der Waals surface area contributed by atoms with Gasteiger partial charge >= 0.3 is 0 Å². The average molecular weight is 358 g/mol. The second-order valence-corrected chi connectivity index (χ2v) is 6.68. The Labute approximate surface area is 132 Å². The van der Waals surface area contributed by atoms with Gasteiger partial charge in [0.05, 0.1) is 12.5 Å². The van der Waals surface area contributed by atoms with E-state index in [1.165, 1.54) is 19.4 Å². The third kappa shape index (κ3) is 4.38. The van der Waals surface area contributed by atoms with Gasteiger partial charge in [-0.25, -0.2) is 18.5 Å². The van der Waals surface area contributed by atoms with E-state index in [1.807, 2.05) is 0 Å². The Morgan fingerprint density at radius 3 is 2.70 bits per heavy atom. The predicted molar refractivity (Wildman–Crippen MR) is 80.1 cm³/mol. The molecule has 1 amide bonds. The summed E-state index contributed by atoms with van der Waals surface area (Å²) in [7, 11) is -3.82. The second kappa shape index (κ2) is 6.59. The van der Waals surface area contributed by atoms with E-state index in [-0.39, 0.29) is 20.9 Å². The molecule has 14 heteroatoms. The topological polar surface area (TPSA) is 189 Å². The first kappa shape index (κ1) is 16.7. The molecule has 0 unspecified atom stereocenters. The van der Waals surface area contributed by atoms with Crippen molar-refractivity contribution in [1.29, 1.82) is 0 Å². The fraction of sp³-hybridized carbons (Fsp3) is 0.111. The molecule has 0 saturated heterocycles. The highest BCUT2D eigenvalue weighted by Gasteiger charge is 2.15. The number of sulfonamides is 1. The monoisotopic (exact) mass is 358 g/mol. The van der Waals surface area contributed by atoms with E-state index in [1.54, 1.807) is 0 Å². The van der Waals surface area contributed by atoms with Crippen LogP contribution >= 0.6 is 11.3 Å². The van der Waals surface area contributed by atoms with Crippen LogP contribution in [0.15, 0.2) is 21.7 Å². The Morgan fingerprint density at radius 1 is 1.39 bits per heavy atom. The largest absolute Gasteiger partial charge is 0.312 e. The molecule has 5 N–H and O–H groups in total. The molecule has 3 aromatic rings. The van der Waals surface area contributed by atoms with Crippen LogP contribution in [0.2, 0.25) is 0 Å². The first-order valence-corrected chi connectivity index (χ1v) is 8.14. The molecule has 0 aliphatic rings. The summed E-state index contributed by atoms with van der Waals surface area (Å²) in [6.45, 7) is 1.28. The normalized spacial score (nSPS) is 10.9. The molecule has 12 nitrogen and oxygen atoms in total. The first-order valence-electron chi connectivity index (χ1n) is 5.78. The van der Waals surface area contributed by atoms with Crippen molar-refractivity contribution >= 4 is 43.4 Å². The fourth-order valence-corrected chi connectivity index (χ4v) is 2.68. The van der Waals surface area contributed by atoms with E-state index in [9.17, 15) is 18.0 Å². The average Bonchev–Trinajstić information content (AvgIpc) is 3.07. The van der Waals surface area contributed by atoms with Crippen LogP contribution in [0, 0.1) is 0 Å². The number of hydrogen-bond donors (Lipinski definition) is 4. The maximum atomic E-state index is 10.9. The van der Waals surface area contributed by atoms with Gasteiger partial charge in [-0.3, -0.25) is 14.7 Å². The van der Waals surface area contributed by atoms with E-state index in [4.69, 9.17) is 5.14 Å². The van der Waals surface area contributed by atoms with E-state index in [0.29, 0.717) is 22.4 Å². The third-order valence-corrected chi connectivity index (χ3v) is 4.33. The SMILES string of the molecule is CC(=O)Nc1nnc(S(N)(=O)=O)s1.O=c1[nH]cnc2[nH]ncc12. The summed E-state index contributed by atoms with van der Waals surface area (Å²) < 4.78 is 21.1. The zero-order valence-corrected chi connectivity index (χ0v) is 13.1. The lowest BCUT2D eigenvalue weighted by molar-refractivity contribution is -0.114. The van der Waals surface area contributed by atoms with E-state index < -0.39 is 10.0 Å². The highest BCUT2D eigenvalue weighted by atomic mass is 32.2. The molecule has 0 saturated carbocycles. The van der Waals surface area contributed by atoms with Gasteiger partial charge in [-0.05, 0) is 0 Å². The highest BCUT2D eigenvalue weighted by molar-refractivity contribution is 7.91. The molecule has 0 fully saturated rings. The Kier molecular flexibility index (Phi) is 4.77. The molecule has 0 bridgehead atoms. The van der Waals surface area contributed by atoms with Crippen molar-refractivity contribution < 1.29 is 13.2 Å². The summed E-state index contributed by atoms with van der Waals surface area (Å²) in [5.74, 6) is -0.350. The summed E-state index contributed by atoms with van der Waals surface area (Å²) in [6.07, 6.45) is 2.78. The van der Waals surface area contributed by atoms with Gasteiger partial charge in [-0.2, -0.15) is 5.10 Å². The number of H-pyrrole nitrogens is 2. The second-order valence-electron chi connectivity index (χ2n) is 3.96. The fourth-order valence-electron chi connectivity index (χ4n) is 1.30. The van der Waals surface area contributed by atoms with Crippen LogP contribution in [-0.2, 0) is 14.8 Å². The van der Waals surface area contributed by atoms with Gasteiger partial charge in [0.25, 0.3) is 15.6 Å². The first-order chi connectivity index (χ1) is 10.8. The number of nitrogens with one attached hydrogen (secondary N) is 3. The van der Waals surface area contributed by atoms with Crippen molar-refractivity contribution in [1.82, 2.24) is 30.4 Å². The molecule has 0 radical (unpaired) electrons. The number of rotatable bonds is 2. The molecule has 0 aliphatic heterocycles. The summed E-state index contributed by atoms with van der Waals surface area (Å²) >= 11 is 0.701. The lowest BCUT2D eigenvalue weighted by atomic mass is 10.4. The number of nitrogens with two attached hydrogens (primary N) is 1. The summed E-state index contributed by atoms with van der Waals surface area (Å²) in [5.41, 5.74) is 0.350. The number of carbonyl (C=O) groups is 1. The molecule has 3 heterocycles. The van der Waals surface area contributed by atoms with Crippen LogP contribution in [0.4, 0.5) is 5.13 Å². The summed E-state index contributed by atoms with van der Waals surface area (Å²) in [5, 5.41) is 20.6. The van der Waals surface area contributed by atoms with Crippen LogP contribution in [0.1, 0.15) is 6.92 Å². The smallest absolute Gasteiger partial charge is 0.267 e. The minimum Gasteiger partial charge on any atom is -0.312 e. The van der Waals surface area contributed by atoms with Crippen LogP contribution in [0.25, 0.3) is 11.0 Å². The minimum absolute atomic E-state index is 0.108. The minimum atomic E-state index is -3.82. The van der Waals surface area contributed by atoms with Crippen LogP contribution in [0.3, 0.4) is 0 Å². The number of nitrogens with zero attached hydrogens (tertiary/aromatic N) is 4. The van der Waals surface area contributed by atoms with E-state index in [0.717, 1.165) is 0 Å². The van der Waals surface area contributed by atoms with Gasteiger partial charge < -0.3 is 10.3 Å². The number of fused-ring (bicyclic) bond motifs is 1. The van der Waals surface area contributed by atoms with Crippen LogP contribution < -0.4 is 16.0 Å². The molecule has 0 spiro atoms. The molecule has 3 rings (SSSR count). The van der Waals surface area contributed by atoms with Crippen molar-refractivity contribution in [2.75, 3.05) is 5.32 Å². The molecule has 23 heavy (non-hydrogen) atoms. The maximum Gasteiger partial charge on any atom is 0.267 e. The number of primary sulfonamides is 1. The number of aromatic nitrogens is 6. The van der Waals surface area contributed by atoms with E-state index in [2.05, 4.69) is 35.7 Å². The molecule has 0 aliphatic carbocycles. The van der Waals surface area contributed by atoms with E-state index >= 15 is 0 Å². The van der Waals surface area contributed by atoms with Crippen molar-refractivity contribution in [2.24, 2.45) is 5.14 Å². The maximum absolute atomic E-state index is 10.9. The van der Waals surface area contributed by atoms with Crippen LogP contribution in [-0.4, -0.2) is 44.7 Å². The number of hydrogen-bond acceptors (Lipinski definition) is 9. The molecule has 0 aromatic carbocycles. The van der Waals surface area contributed by atoms with Gasteiger partial charge in [-0.1, -0.05) is 11.3 Å². The summed E-state index contributed by atoms with van der Waals surface area (Å²) in [6, 6.07) is 0. The van der Waals surface area contributed by atoms with Crippen molar-refractivity contribution in [3.8, 4) is 0 Å². The lowest BCUT2D eigenvalue weighted by Crippen LogP contribution is -2.11. The molecule has 122 valence electrons. The Morgan fingerprint density at radius 2 is 2.13 bits per heavy atom. The van der Waals surface area contributed by atoms with Gasteiger partial charge in [0, 0.05) is 6.92 Å². The third-order valence-electron chi connectivity index (χ3n) is 2.19. The van der Waals surface area contributed by atoms with Crippen LogP contribution in [0.5, 0.6) is 0 Å². The molecule has 3 aromatic heterocycles.